The number of hydrogen-bond acceptors (Lipinski definition) is 3. The number of para-hydroxylation sites is 1. The zero-order valence-electron chi connectivity index (χ0n) is 14.4. The van der Waals surface area contributed by atoms with Gasteiger partial charge in [-0.3, -0.25) is 9.36 Å². The van der Waals surface area contributed by atoms with Gasteiger partial charge in [0.05, 0.1) is 11.1 Å². The summed E-state index contributed by atoms with van der Waals surface area (Å²) in [6.45, 7) is 5.34. The van der Waals surface area contributed by atoms with Crippen LogP contribution < -0.4 is 4.74 Å². The zero-order valence-corrected chi connectivity index (χ0v) is 14.4. The molecule has 0 aliphatic heterocycles. The number of carbonyl (C=O) groups excluding carboxylic acids is 1. The van der Waals surface area contributed by atoms with Gasteiger partial charge in [-0.25, -0.2) is 4.79 Å². The Morgan fingerprint density at radius 3 is 2.52 bits per heavy atom. The average Bonchev–Trinajstić information content (AvgIpc) is 2.87. The summed E-state index contributed by atoms with van der Waals surface area (Å²) in [5.74, 6) is -0.696. The molecule has 5 nitrogen and oxygen atoms in total. The molecule has 0 radical (unpaired) electrons. The van der Waals surface area contributed by atoms with Crippen molar-refractivity contribution in [2.45, 2.75) is 20.8 Å². The van der Waals surface area contributed by atoms with Crippen LogP contribution in [0.1, 0.15) is 32.0 Å². The molecule has 0 atom stereocenters. The lowest BCUT2D eigenvalue weighted by Gasteiger charge is -2.11. The second kappa shape index (κ2) is 6.43. The summed E-state index contributed by atoms with van der Waals surface area (Å²) in [5.41, 5.74) is 3.12. The molecule has 0 amide bonds. The molecule has 0 fully saturated rings. The third-order valence-electron chi connectivity index (χ3n) is 4.27. The molecular weight excluding hydrogens is 318 g/mol. The van der Waals surface area contributed by atoms with Crippen molar-refractivity contribution in [2.24, 2.45) is 0 Å². The van der Waals surface area contributed by atoms with Gasteiger partial charge >= 0.3 is 5.97 Å². The molecule has 1 N–H and O–H groups in total. The summed E-state index contributed by atoms with van der Waals surface area (Å²) < 4.78 is 7.11. The molecule has 5 heteroatoms. The minimum atomic E-state index is -1.05. The van der Waals surface area contributed by atoms with Crippen LogP contribution in [0.5, 0.6) is 5.75 Å². The van der Waals surface area contributed by atoms with Crippen molar-refractivity contribution >= 4 is 22.8 Å². The third kappa shape index (κ3) is 3.01. The number of carboxylic acid groups (broad SMARTS) is 1. The highest BCUT2D eigenvalue weighted by Crippen LogP contribution is 2.26. The predicted octanol–water partition coefficient (Wildman–Crippen LogP) is 3.98. The lowest BCUT2D eigenvalue weighted by atomic mass is 10.1. The van der Waals surface area contributed by atoms with Gasteiger partial charge < -0.3 is 9.84 Å². The van der Waals surface area contributed by atoms with Gasteiger partial charge in [0.1, 0.15) is 5.75 Å². The summed E-state index contributed by atoms with van der Waals surface area (Å²) in [5, 5.41) is 10.0. The van der Waals surface area contributed by atoms with E-state index in [1.165, 1.54) is 4.57 Å². The molecule has 0 aliphatic carbocycles. The van der Waals surface area contributed by atoms with Crippen molar-refractivity contribution in [3.05, 3.63) is 64.8 Å². The number of aromatic nitrogens is 1. The molecule has 3 rings (SSSR count). The van der Waals surface area contributed by atoms with Crippen LogP contribution in [-0.2, 0) is 0 Å². The molecule has 0 saturated heterocycles. The second-order valence-electron chi connectivity index (χ2n) is 6.07. The van der Waals surface area contributed by atoms with Crippen LogP contribution in [0.15, 0.2) is 42.5 Å². The Labute approximate surface area is 145 Å². The predicted molar refractivity (Wildman–Crippen MR) is 95.7 cm³/mol. The van der Waals surface area contributed by atoms with Gasteiger partial charge in [-0.15, -0.1) is 0 Å². The number of carboxylic acids is 1. The van der Waals surface area contributed by atoms with Crippen LogP contribution >= 0.6 is 0 Å². The third-order valence-corrected chi connectivity index (χ3v) is 4.27. The highest BCUT2D eigenvalue weighted by molar-refractivity contribution is 6.08. The largest absolute Gasteiger partial charge is 0.483 e. The Bertz CT molecular complexity index is 985. The first kappa shape index (κ1) is 16.8. The maximum Gasteiger partial charge on any atom is 0.338 e. The van der Waals surface area contributed by atoms with Crippen LogP contribution in [0, 0.1) is 20.8 Å². The standard InChI is InChI=1S/C20H19NO4/c1-12-8-9-13(2)17(10-12)25-11-18(22)21-14(3)19(20(23)24)15-6-4-5-7-16(15)21/h4-10H,11H2,1-3H3,(H,23,24). The van der Waals surface area contributed by atoms with Crippen LogP contribution in [0.2, 0.25) is 0 Å². The molecule has 2 aromatic carbocycles. The Balaban J connectivity index is 1.96. The summed E-state index contributed by atoms with van der Waals surface area (Å²) in [6.07, 6.45) is 0. The van der Waals surface area contributed by atoms with E-state index in [4.69, 9.17) is 4.74 Å². The fourth-order valence-corrected chi connectivity index (χ4v) is 3.03. The van der Waals surface area contributed by atoms with Gasteiger partial charge in [0, 0.05) is 11.1 Å². The quantitative estimate of drug-likeness (QED) is 0.782. The monoisotopic (exact) mass is 337 g/mol. The second-order valence-corrected chi connectivity index (χ2v) is 6.07. The number of carbonyl (C=O) groups is 2. The lowest BCUT2D eigenvalue weighted by Crippen LogP contribution is -2.21. The Hall–Kier alpha value is -3.08. The van der Waals surface area contributed by atoms with Crippen LogP contribution in [0.4, 0.5) is 0 Å². The molecule has 3 aromatic rings. The molecule has 128 valence electrons. The maximum atomic E-state index is 12.7. The van der Waals surface area contributed by atoms with Gasteiger partial charge in [-0.2, -0.15) is 0 Å². The van der Waals surface area contributed by atoms with Gasteiger partial charge in [0.25, 0.3) is 5.91 Å². The van der Waals surface area contributed by atoms with Crippen LogP contribution in [-0.4, -0.2) is 28.2 Å². The molecule has 0 aliphatic rings. The number of ether oxygens (including phenoxy) is 1. The molecule has 0 spiro atoms. The first-order chi connectivity index (χ1) is 11.9. The van der Waals surface area contributed by atoms with E-state index in [1.807, 2.05) is 32.0 Å². The van der Waals surface area contributed by atoms with E-state index < -0.39 is 5.97 Å². The zero-order chi connectivity index (χ0) is 18.1. The van der Waals surface area contributed by atoms with Gasteiger partial charge in [0.2, 0.25) is 0 Å². The van der Waals surface area contributed by atoms with Crippen molar-refractivity contribution < 1.29 is 19.4 Å². The number of aromatic carboxylic acids is 1. The molecular formula is C20H19NO4. The summed E-state index contributed by atoms with van der Waals surface area (Å²) in [4.78, 5) is 24.3. The summed E-state index contributed by atoms with van der Waals surface area (Å²) >= 11 is 0. The SMILES string of the molecule is Cc1ccc(C)c(OCC(=O)n2c(C)c(C(=O)O)c3ccccc32)c1. The minimum absolute atomic E-state index is 0.149. The topological polar surface area (TPSA) is 68.5 Å². The van der Waals surface area contributed by atoms with E-state index >= 15 is 0 Å². The summed E-state index contributed by atoms with van der Waals surface area (Å²) in [7, 11) is 0. The number of nitrogens with zero attached hydrogens (tertiary/aromatic N) is 1. The molecule has 0 saturated carbocycles. The van der Waals surface area contributed by atoms with Crippen LogP contribution in [0.3, 0.4) is 0 Å². The van der Waals surface area contributed by atoms with Crippen molar-refractivity contribution in [3.63, 3.8) is 0 Å². The first-order valence-corrected chi connectivity index (χ1v) is 7.96. The highest BCUT2D eigenvalue weighted by atomic mass is 16.5. The van der Waals surface area contributed by atoms with E-state index in [2.05, 4.69) is 0 Å². The van der Waals surface area contributed by atoms with Gasteiger partial charge in [-0.05, 0) is 44.0 Å². The van der Waals surface area contributed by atoms with Crippen molar-refractivity contribution in [2.75, 3.05) is 6.61 Å². The minimum Gasteiger partial charge on any atom is -0.483 e. The fourth-order valence-electron chi connectivity index (χ4n) is 3.03. The van der Waals surface area contributed by atoms with E-state index in [1.54, 1.807) is 31.2 Å². The number of benzene rings is 2. The lowest BCUT2D eigenvalue weighted by molar-refractivity contribution is 0.0698. The first-order valence-electron chi connectivity index (χ1n) is 7.96. The highest BCUT2D eigenvalue weighted by Gasteiger charge is 2.22. The summed E-state index contributed by atoms with van der Waals surface area (Å²) in [6, 6.07) is 12.8. The van der Waals surface area contributed by atoms with Gasteiger partial charge in [-0.1, -0.05) is 30.3 Å². The van der Waals surface area contributed by atoms with E-state index in [-0.39, 0.29) is 18.1 Å². The Morgan fingerprint density at radius 1 is 1.08 bits per heavy atom. The normalized spacial score (nSPS) is 10.8. The molecule has 1 heterocycles. The molecule has 1 aromatic heterocycles. The number of fused-ring (bicyclic) bond motifs is 1. The Kier molecular flexibility index (Phi) is 4.31. The average molecular weight is 337 g/mol. The van der Waals surface area contributed by atoms with Crippen molar-refractivity contribution in [3.8, 4) is 5.75 Å². The van der Waals surface area contributed by atoms with E-state index in [0.717, 1.165) is 11.1 Å². The van der Waals surface area contributed by atoms with Crippen molar-refractivity contribution in [1.82, 2.24) is 4.57 Å². The van der Waals surface area contributed by atoms with E-state index in [0.29, 0.717) is 22.3 Å². The molecule has 0 unspecified atom stereocenters. The maximum absolute atomic E-state index is 12.7. The number of hydrogen-bond donors (Lipinski definition) is 1. The van der Waals surface area contributed by atoms with Crippen LogP contribution in [0.25, 0.3) is 10.9 Å². The molecule has 0 bridgehead atoms. The van der Waals surface area contributed by atoms with E-state index in [9.17, 15) is 14.7 Å². The Morgan fingerprint density at radius 2 is 1.80 bits per heavy atom. The fraction of sp³-hybridized carbons (Fsp3) is 0.200. The van der Waals surface area contributed by atoms with Crippen molar-refractivity contribution in [1.29, 1.82) is 0 Å². The smallest absolute Gasteiger partial charge is 0.338 e. The van der Waals surface area contributed by atoms with Gasteiger partial charge in [0.15, 0.2) is 6.61 Å². The molecule has 25 heavy (non-hydrogen) atoms. The number of rotatable bonds is 4. The number of aryl methyl sites for hydroxylation is 2.